The number of aryl methyl sites for hydroxylation is 2. The fourth-order valence-corrected chi connectivity index (χ4v) is 5.84. The normalized spacial score (nSPS) is 12.1. The molecular weight excluding hydrogens is 496 g/mol. The average molecular weight is 535 g/mol. The zero-order valence-electron chi connectivity index (χ0n) is 22.1. The molecule has 11 heteroatoms. The van der Waals surface area contributed by atoms with Crippen molar-refractivity contribution in [3.8, 4) is 17.0 Å². The van der Waals surface area contributed by atoms with E-state index in [0.717, 1.165) is 30.3 Å². The molecule has 1 aromatic carbocycles. The van der Waals surface area contributed by atoms with Crippen LogP contribution in [0.25, 0.3) is 22.2 Å². The van der Waals surface area contributed by atoms with Gasteiger partial charge in [0.1, 0.15) is 11.3 Å². The molecule has 0 amide bonds. The van der Waals surface area contributed by atoms with Crippen LogP contribution in [0, 0.1) is 0 Å². The molecule has 204 valence electrons. The summed E-state index contributed by atoms with van der Waals surface area (Å²) in [6.45, 7) is 5.24. The molecule has 3 aromatic rings. The number of benzene rings is 1. The summed E-state index contributed by atoms with van der Waals surface area (Å²) in [7, 11) is -0.575. The SMILES string of the molecule is CCCOc1ccc(S(=O)(=O)N(CCCO)CCCOC)cc1-c1cc2c(CCC)nn(C)c2c(=O)[nH]1. The maximum Gasteiger partial charge on any atom is 0.274 e. The van der Waals surface area contributed by atoms with Gasteiger partial charge in [0.25, 0.3) is 5.56 Å². The Bertz CT molecular complexity index is 1350. The molecule has 37 heavy (non-hydrogen) atoms. The molecule has 0 saturated heterocycles. The first-order chi connectivity index (χ1) is 17.8. The molecule has 0 spiro atoms. The second-order valence-corrected chi connectivity index (χ2v) is 10.9. The summed E-state index contributed by atoms with van der Waals surface area (Å²) in [4.78, 5) is 16.1. The van der Waals surface area contributed by atoms with Crippen molar-refractivity contribution in [2.24, 2.45) is 7.05 Å². The van der Waals surface area contributed by atoms with Gasteiger partial charge in [-0.05, 0) is 49.9 Å². The zero-order valence-corrected chi connectivity index (χ0v) is 22.9. The highest BCUT2D eigenvalue weighted by molar-refractivity contribution is 7.89. The standard InChI is InChI=1S/C26H38N4O6S/c1-5-9-22-21-18-23(27-26(32)25(21)29(3)28-22)20-17-19(10-11-24(20)36-15-6-2)37(33,34)30(12-7-14-31)13-8-16-35-4/h10-11,17-18,31H,5-9,12-16H2,1-4H3,(H,27,32). The van der Waals surface area contributed by atoms with Crippen molar-refractivity contribution >= 4 is 20.9 Å². The van der Waals surface area contributed by atoms with Crippen LogP contribution in [0.5, 0.6) is 5.75 Å². The summed E-state index contributed by atoms with van der Waals surface area (Å²) < 4.78 is 41.3. The molecule has 0 saturated carbocycles. The van der Waals surface area contributed by atoms with Gasteiger partial charge in [-0.1, -0.05) is 20.3 Å². The molecule has 2 N–H and O–H groups in total. The van der Waals surface area contributed by atoms with Crippen LogP contribution in [-0.4, -0.2) is 72.6 Å². The summed E-state index contributed by atoms with van der Waals surface area (Å²) in [5, 5.41) is 14.6. The second-order valence-electron chi connectivity index (χ2n) is 8.93. The molecule has 0 aliphatic carbocycles. The zero-order chi connectivity index (χ0) is 27.0. The largest absolute Gasteiger partial charge is 0.493 e. The van der Waals surface area contributed by atoms with Crippen molar-refractivity contribution in [3.05, 3.63) is 40.3 Å². The third-order valence-electron chi connectivity index (χ3n) is 6.06. The molecule has 3 rings (SSSR count). The predicted octanol–water partition coefficient (Wildman–Crippen LogP) is 3.08. The molecule has 0 unspecified atom stereocenters. The number of rotatable bonds is 15. The van der Waals surface area contributed by atoms with Gasteiger partial charge in [0.15, 0.2) is 0 Å². The van der Waals surface area contributed by atoms with Gasteiger partial charge in [0, 0.05) is 51.4 Å². The van der Waals surface area contributed by atoms with E-state index in [0.29, 0.717) is 48.6 Å². The molecule has 0 bridgehead atoms. The Labute approximate surface area is 218 Å². The van der Waals surface area contributed by atoms with E-state index in [9.17, 15) is 18.3 Å². The Kier molecular flexibility index (Phi) is 10.3. The molecule has 0 radical (unpaired) electrons. The van der Waals surface area contributed by atoms with Gasteiger partial charge in [-0.3, -0.25) is 9.48 Å². The fourth-order valence-electron chi connectivity index (χ4n) is 4.30. The minimum Gasteiger partial charge on any atom is -0.493 e. The van der Waals surface area contributed by atoms with E-state index in [1.54, 1.807) is 31.0 Å². The Morgan fingerprint density at radius 1 is 1.11 bits per heavy atom. The highest BCUT2D eigenvalue weighted by Crippen LogP contribution is 2.34. The Morgan fingerprint density at radius 2 is 1.86 bits per heavy atom. The topological polar surface area (TPSA) is 127 Å². The minimum atomic E-state index is -3.88. The predicted molar refractivity (Wildman–Crippen MR) is 144 cm³/mol. The summed E-state index contributed by atoms with van der Waals surface area (Å²) in [6.07, 6.45) is 3.21. The van der Waals surface area contributed by atoms with Gasteiger partial charge in [-0.15, -0.1) is 0 Å². The smallest absolute Gasteiger partial charge is 0.274 e. The van der Waals surface area contributed by atoms with Gasteiger partial charge in [0.05, 0.1) is 22.9 Å². The lowest BCUT2D eigenvalue weighted by molar-refractivity contribution is 0.185. The Balaban J connectivity index is 2.15. The summed E-state index contributed by atoms with van der Waals surface area (Å²) in [5.41, 5.74) is 1.94. The quantitative estimate of drug-likeness (QED) is 0.287. The van der Waals surface area contributed by atoms with E-state index in [1.807, 2.05) is 13.0 Å². The minimum absolute atomic E-state index is 0.0858. The van der Waals surface area contributed by atoms with Gasteiger partial charge in [-0.2, -0.15) is 9.40 Å². The monoisotopic (exact) mass is 534 g/mol. The number of aromatic nitrogens is 3. The number of ether oxygens (including phenoxy) is 2. The van der Waals surface area contributed by atoms with Crippen LogP contribution in [0.2, 0.25) is 0 Å². The fraction of sp³-hybridized carbons (Fsp3) is 0.538. The molecule has 2 aromatic heterocycles. The van der Waals surface area contributed by atoms with E-state index >= 15 is 0 Å². The van der Waals surface area contributed by atoms with Gasteiger partial charge in [0.2, 0.25) is 10.0 Å². The van der Waals surface area contributed by atoms with Crippen molar-refractivity contribution in [2.75, 3.05) is 40.0 Å². The number of aliphatic hydroxyl groups excluding tert-OH is 1. The number of hydrogen-bond donors (Lipinski definition) is 2. The lowest BCUT2D eigenvalue weighted by Crippen LogP contribution is -2.34. The van der Waals surface area contributed by atoms with E-state index in [1.165, 1.54) is 10.4 Å². The molecule has 0 aliphatic heterocycles. The van der Waals surface area contributed by atoms with E-state index in [2.05, 4.69) is 17.0 Å². The summed E-state index contributed by atoms with van der Waals surface area (Å²) >= 11 is 0. The van der Waals surface area contributed by atoms with Crippen LogP contribution in [0.3, 0.4) is 0 Å². The highest BCUT2D eigenvalue weighted by Gasteiger charge is 2.26. The molecule has 10 nitrogen and oxygen atoms in total. The van der Waals surface area contributed by atoms with Gasteiger partial charge < -0.3 is 19.6 Å². The van der Waals surface area contributed by atoms with Gasteiger partial charge >= 0.3 is 0 Å². The number of sulfonamides is 1. The van der Waals surface area contributed by atoms with Crippen LogP contribution in [0.4, 0.5) is 0 Å². The summed E-state index contributed by atoms with van der Waals surface area (Å²) in [5.74, 6) is 0.484. The second kappa shape index (κ2) is 13.2. The van der Waals surface area contributed by atoms with Crippen molar-refractivity contribution in [1.29, 1.82) is 0 Å². The number of aromatic amines is 1. The first-order valence-corrected chi connectivity index (χ1v) is 14.2. The Morgan fingerprint density at radius 3 is 2.54 bits per heavy atom. The van der Waals surface area contributed by atoms with E-state index in [-0.39, 0.29) is 30.2 Å². The Hall–Kier alpha value is -2.73. The number of nitrogens with zero attached hydrogens (tertiary/aromatic N) is 3. The van der Waals surface area contributed by atoms with Crippen LogP contribution in [0.15, 0.2) is 34.0 Å². The number of H-pyrrole nitrogens is 1. The molecule has 2 heterocycles. The number of pyridine rings is 1. The molecule has 0 fully saturated rings. The van der Waals surface area contributed by atoms with E-state index < -0.39 is 10.0 Å². The lowest BCUT2D eigenvalue weighted by atomic mass is 10.1. The molecule has 0 atom stereocenters. The number of fused-ring (bicyclic) bond motifs is 1. The maximum absolute atomic E-state index is 13.6. The van der Waals surface area contributed by atoms with Crippen molar-refractivity contribution in [3.63, 3.8) is 0 Å². The van der Waals surface area contributed by atoms with Crippen molar-refractivity contribution < 1.29 is 23.0 Å². The molecular formula is C26H38N4O6S. The average Bonchev–Trinajstić information content (AvgIpc) is 3.20. The van der Waals surface area contributed by atoms with Crippen LogP contribution >= 0.6 is 0 Å². The number of aliphatic hydroxyl groups is 1. The van der Waals surface area contributed by atoms with Crippen LogP contribution in [0.1, 0.15) is 45.2 Å². The van der Waals surface area contributed by atoms with Crippen LogP contribution in [-0.2, 0) is 28.2 Å². The number of nitrogens with one attached hydrogen (secondary N) is 1. The maximum atomic E-state index is 13.6. The van der Waals surface area contributed by atoms with Gasteiger partial charge in [-0.25, -0.2) is 8.42 Å². The lowest BCUT2D eigenvalue weighted by Gasteiger charge is -2.23. The van der Waals surface area contributed by atoms with Crippen molar-refractivity contribution in [1.82, 2.24) is 19.1 Å². The number of methoxy groups -OCH3 is 1. The number of hydrogen-bond acceptors (Lipinski definition) is 7. The first kappa shape index (κ1) is 28.8. The summed E-state index contributed by atoms with van der Waals surface area (Å²) in [6, 6.07) is 6.56. The van der Waals surface area contributed by atoms with Crippen molar-refractivity contribution in [2.45, 2.75) is 50.8 Å². The first-order valence-electron chi connectivity index (χ1n) is 12.7. The van der Waals surface area contributed by atoms with Crippen LogP contribution < -0.4 is 10.3 Å². The molecule has 0 aliphatic rings. The van der Waals surface area contributed by atoms with E-state index in [4.69, 9.17) is 9.47 Å². The third-order valence-corrected chi connectivity index (χ3v) is 7.96. The third kappa shape index (κ3) is 6.59. The highest BCUT2D eigenvalue weighted by atomic mass is 32.2.